The summed E-state index contributed by atoms with van der Waals surface area (Å²) in [5.41, 5.74) is 3.59. The second kappa shape index (κ2) is 11.8. The van der Waals surface area contributed by atoms with Gasteiger partial charge in [0.25, 0.3) is 0 Å². The van der Waals surface area contributed by atoms with Gasteiger partial charge in [-0.1, -0.05) is 30.3 Å². The Bertz CT molecular complexity index is 996. The highest BCUT2D eigenvalue weighted by molar-refractivity contribution is 14.0. The van der Waals surface area contributed by atoms with Crippen LogP contribution in [0.1, 0.15) is 44.1 Å². The van der Waals surface area contributed by atoms with Gasteiger partial charge in [0.1, 0.15) is 12.9 Å². The first kappa shape index (κ1) is 24.0. The molecule has 1 aliphatic rings. The fourth-order valence-electron chi connectivity index (χ4n) is 3.90. The Morgan fingerprint density at radius 2 is 1.81 bits per heavy atom. The summed E-state index contributed by atoms with van der Waals surface area (Å²) in [7, 11) is 0. The van der Waals surface area contributed by atoms with Crippen molar-refractivity contribution in [1.82, 2.24) is 25.4 Å². The monoisotopic (exact) mass is 545 g/mol. The molecule has 2 aromatic carbocycles. The third-order valence-corrected chi connectivity index (χ3v) is 5.57. The predicted molar refractivity (Wildman–Crippen MR) is 141 cm³/mol. The molecular weight excluding hydrogens is 513 g/mol. The van der Waals surface area contributed by atoms with Crippen LogP contribution in [0.4, 0.5) is 5.69 Å². The zero-order valence-corrected chi connectivity index (χ0v) is 21.1. The number of rotatable bonds is 7. The third-order valence-electron chi connectivity index (χ3n) is 5.57. The van der Waals surface area contributed by atoms with Crippen LogP contribution in [0.2, 0.25) is 0 Å². The van der Waals surface area contributed by atoms with E-state index in [1.54, 1.807) is 6.33 Å². The van der Waals surface area contributed by atoms with Gasteiger partial charge in [-0.15, -0.1) is 34.2 Å². The maximum Gasteiger partial charge on any atom is 0.192 e. The van der Waals surface area contributed by atoms with Crippen LogP contribution in [0.15, 0.2) is 65.9 Å². The molecule has 0 aliphatic carbocycles. The summed E-state index contributed by atoms with van der Waals surface area (Å²) in [5, 5.41) is 15.2. The van der Waals surface area contributed by atoms with Gasteiger partial charge in [0.05, 0.1) is 6.04 Å². The fourth-order valence-corrected chi connectivity index (χ4v) is 3.90. The van der Waals surface area contributed by atoms with Gasteiger partial charge in [0.15, 0.2) is 11.8 Å². The minimum absolute atomic E-state index is 0. The SMILES string of the molecule is CCNC(=NCc1nncn1-c1ccccc1)NC(C)c1cccc(N2CCCC2)c1.I. The van der Waals surface area contributed by atoms with E-state index in [9.17, 15) is 0 Å². The smallest absolute Gasteiger partial charge is 0.192 e. The molecule has 8 heteroatoms. The van der Waals surface area contributed by atoms with Gasteiger partial charge in [-0.3, -0.25) is 4.57 Å². The lowest BCUT2D eigenvalue weighted by molar-refractivity contribution is 0.683. The number of nitrogens with one attached hydrogen (secondary N) is 2. The molecule has 2 heterocycles. The van der Waals surface area contributed by atoms with Crippen molar-refractivity contribution in [2.24, 2.45) is 4.99 Å². The van der Waals surface area contributed by atoms with Gasteiger partial charge < -0.3 is 15.5 Å². The first-order chi connectivity index (χ1) is 15.2. The largest absolute Gasteiger partial charge is 0.372 e. The van der Waals surface area contributed by atoms with Crippen LogP contribution in [0.5, 0.6) is 0 Å². The maximum atomic E-state index is 4.77. The lowest BCUT2D eigenvalue weighted by atomic mass is 10.1. The van der Waals surface area contributed by atoms with E-state index in [0.29, 0.717) is 6.54 Å². The summed E-state index contributed by atoms with van der Waals surface area (Å²) < 4.78 is 1.97. The Balaban J connectivity index is 0.00000289. The quantitative estimate of drug-likeness (QED) is 0.263. The van der Waals surface area contributed by atoms with Gasteiger partial charge in [0.2, 0.25) is 0 Å². The van der Waals surface area contributed by atoms with Crippen molar-refractivity contribution in [2.75, 3.05) is 24.5 Å². The number of hydrogen-bond acceptors (Lipinski definition) is 4. The minimum atomic E-state index is 0. The van der Waals surface area contributed by atoms with E-state index in [1.165, 1.54) is 24.1 Å². The second-order valence-electron chi connectivity index (χ2n) is 7.80. The summed E-state index contributed by atoms with van der Waals surface area (Å²) in [6.07, 6.45) is 4.29. The van der Waals surface area contributed by atoms with Crippen LogP contribution in [-0.4, -0.2) is 40.4 Å². The highest BCUT2D eigenvalue weighted by atomic mass is 127. The van der Waals surface area contributed by atoms with Crippen molar-refractivity contribution >= 4 is 35.6 Å². The van der Waals surface area contributed by atoms with Gasteiger partial charge in [0, 0.05) is 31.0 Å². The zero-order valence-electron chi connectivity index (χ0n) is 18.7. The number of anilines is 1. The van der Waals surface area contributed by atoms with E-state index >= 15 is 0 Å². The summed E-state index contributed by atoms with van der Waals surface area (Å²) in [5.74, 6) is 1.57. The molecule has 0 saturated carbocycles. The molecule has 32 heavy (non-hydrogen) atoms. The Labute approximate surface area is 207 Å². The van der Waals surface area contributed by atoms with Crippen molar-refractivity contribution in [3.8, 4) is 5.69 Å². The number of guanidine groups is 1. The average molecular weight is 545 g/mol. The zero-order chi connectivity index (χ0) is 21.5. The topological polar surface area (TPSA) is 70.4 Å². The van der Waals surface area contributed by atoms with Crippen LogP contribution < -0.4 is 15.5 Å². The fraction of sp³-hybridized carbons (Fsp3) is 0.375. The van der Waals surface area contributed by atoms with Crippen molar-refractivity contribution in [2.45, 2.75) is 39.3 Å². The van der Waals surface area contributed by atoms with Crippen molar-refractivity contribution in [3.05, 3.63) is 72.3 Å². The lowest BCUT2D eigenvalue weighted by Gasteiger charge is -2.22. The molecule has 170 valence electrons. The molecule has 1 unspecified atom stereocenters. The molecule has 0 spiro atoms. The Morgan fingerprint density at radius 1 is 1.06 bits per heavy atom. The molecule has 1 atom stereocenters. The predicted octanol–water partition coefficient (Wildman–Crippen LogP) is 4.30. The summed E-state index contributed by atoms with van der Waals surface area (Å²) in [6, 6.07) is 19.0. The van der Waals surface area contributed by atoms with E-state index in [1.807, 2.05) is 34.9 Å². The summed E-state index contributed by atoms with van der Waals surface area (Å²) in [4.78, 5) is 7.23. The number of benzene rings is 2. The number of aliphatic imine (C=N–C) groups is 1. The van der Waals surface area contributed by atoms with E-state index in [0.717, 1.165) is 37.1 Å². The van der Waals surface area contributed by atoms with Crippen LogP contribution in [0.25, 0.3) is 5.69 Å². The molecule has 7 nitrogen and oxygen atoms in total. The Hall–Kier alpha value is -2.62. The summed E-state index contributed by atoms with van der Waals surface area (Å²) in [6.45, 7) is 7.77. The Kier molecular flexibility index (Phi) is 8.90. The average Bonchev–Trinajstić information content (AvgIpc) is 3.50. The van der Waals surface area contributed by atoms with Gasteiger partial charge >= 0.3 is 0 Å². The molecule has 0 bridgehead atoms. The molecule has 1 fully saturated rings. The number of para-hydroxylation sites is 1. The van der Waals surface area contributed by atoms with E-state index in [-0.39, 0.29) is 30.0 Å². The van der Waals surface area contributed by atoms with Crippen molar-refractivity contribution in [3.63, 3.8) is 0 Å². The van der Waals surface area contributed by atoms with E-state index in [2.05, 4.69) is 63.8 Å². The molecule has 0 radical (unpaired) electrons. The number of nitrogens with zero attached hydrogens (tertiary/aromatic N) is 5. The lowest BCUT2D eigenvalue weighted by Crippen LogP contribution is -2.38. The summed E-state index contributed by atoms with van der Waals surface area (Å²) >= 11 is 0. The molecule has 1 aliphatic heterocycles. The standard InChI is InChI=1S/C24H31N7.HI/c1-3-25-24(26-17-23-29-27-18-31(23)21-11-5-4-6-12-21)28-19(2)20-10-9-13-22(16-20)30-14-7-8-15-30;/h4-6,9-13,16,18-19H,3,7-8,14-15,17H2,1-2H3,(H2,25,26,28);1H. The van der Waals surface area contributed by atoms with Crippen LogP contribution in [-0.2, 0) is 6.54 Å². The van der Waals surface area contributed by atoms with E-state index < -0.39 is 0 Å². The number of aromatic nitrogens is 3. The Morgan fingerprint density at radius 3 is 2.56 bits per heavy atom. The van der Waals surface area contributed by atoms with Gasteiger partial charge in [-0.25, -0.2) is 4.99 Å². The van der Waals surface area contributed by atoms with Crippen LogP contribution in [0.3, 0.4) is 0 Å². The highest BCUT2D eigenvalue weighted by Gasteiger charge is 2.15. The minimum Gasteiger partial charge on any atom is -0.372 e. The molecule has 0 amide bonds. The number of halogens is 1. The number of hydrogen-bond donors (Lipinski definition) is 2. The van der Waals surface area contributed by atoms with Gasteiger partial charge in [-0.2, -0.15) is 0 Å². The van der Waals surface area contributed by atoms with Crippen molar-refractivity contribution < 1.29 is 0 Å². The van der Waals surface area contributed by atoms with E-state index in [4.69, 9.17) is 4.99 Å². The first-order valence-electron chi connectivity index (χ1n) is 11.1. The van der Waals surface area contributed by atoms with Crippen LogP contribution in [0, 0.1) is 0 Å². The normalized spacial score (nSPS) is 14.7. The second-order valence-corrected chi connectivity index (χ2v) is 7.80. The maximum absolute atomic E-state index is 4.77. The molecule has 1 aromatic heterocycles. The van der Waals surface area contributed by atoms with Crippen LogP contribution >= 0.6 is 24.0 Å². The van der Waals surface area contributed by atoms with Crippen molar-refractivity contribution in [1.29, 1.82) is 0 Å². The third kappa shape index (κ3) is 5.99. The molecule has 3 aromatic rings. The molecular formula is C24H32IN7. The molecule has 2 N–H and O–H groups in total. The highest BCUT2D eigenvalue weighted by Crippen LogP contribution is 2.24. The molecule has 4 rings (SSSR count). The van der Waals surface area contributed by atoms with Gasteiger partial charge in [-0.05, 0) is 56.5 Å². The first-order valence-corrected chi connectivity index (χ1v) is 11.1. The molecule has 1 saturated heterocycles.